The van der Waals surface area contributed by atoms with Gasteiger partial charge in [-0.3, -0.25) is 0 Å². The molecule has 2 N–H and O–H groups in total. The van der Waals surface area contributed by atoms with Crippen LogP contribution in [-0.4, -0.2) is 69.0 Å². The molecule has 3 heterocycles. The molecule has 3 aliphatic rings. The molecule has 0 aliphatic carbocycles. The quantitative estimate of drug-likeness (QED) is 0.695. The number of halogens is 3. The highest BCUT2D eigenvalue weighted by Crippen LogP contribution is 2.40. The van der Waals surface area contributed by atoms with Crippen LogP contribution in [0.2, 0.25) is 0 Å². The lowest BCUT2D eigenvalue weighted by Crippen LogP contribution is -2.46. The van der Waals surface area contributed by atoms with Crippen LogP contribution >= 0.6 is 0 Å². The topological polar surface area (TPSA) is 77.0 Å². The minimum Gasteiger partial charge on any atom is -0.475 e. The molecular formula is C18H30F3NO5. The molecule has 3 fully saturated rings. The van der Waals surface area contributed by atoms with Crippen LogP contribution in [0.15, 0.2) is 0 Å². The monoisotopic (exact) mass is 397 g/mol. The van der Waals surface area contributed by atoms with Crippen LogP contribution in [0.1, 0.15) is 38.5 Å². The predicted molar refractivity (Wildman–Crippen MR) is 91.6 cm³/mol. The van der Waals surface area contributed by atoms with Gasteiger partial charge in [0.1, 0.15) is 0 Å². The lowest BCUT2D eigenvalue weighted by molar-refractivity contribution is -0.192. The van der Waals surface area contributed by atoms with Gasteiger partial charge in [0.25, 0.3) is 0 Å². The van der Waals surface area contributed by atoms with Crippen molar-refractivity contribution in [2.45, 2.75) is 50.3 Å². The maximum atomic E-state index is 10.6. The van der Waals surface area contributed by atoms with E-state index in [4.69, 9.17) is 24.1 Å². The van der Waals surface area contributed by atoms with E-state index in [0.29, 0.717) is 5.92 Å². The van der Waals surface area contributed by atoms with E-state index in [0.717, 1.165) is 52.0 Å². The van der Waals surface area contributed by atoms with Crippen LogP contribution < -0.4 is 5.32 Å². The zero-order valence-electron chi connectivity index (χ0n) is 15.6. The van der Waals surface area contributed by atoms with E-state index >= 15 is 0 Å². The highest BCUT2D eigenvalue weighted by Gasteiger charge is 2.44. The van der Waals surface area contributed by atoms with Gasteiger partial charge in [-0.15, -0.1) is 0 Å². The van der Waals surface area contributed by atoms with Crippen molar-refractivity contribution in [3.63, 3.8) is 0 Å². The average Bonchev–Trinajstić information content (AvgIpc) is 3.02. The minimum absolute atomic E-state index is 0.174. The Balaban J connectivity index is 0.000000321. The van der Waals surface area contributed by atoms with Gasteiger partial charge in [0.05, 0.1) is 5.60 Å². The SMILES string of the molecule is C1CC2(CCN1)OCCC2CCOCC1CCOCC1.O=C(O)C(F)(F)F. The second-order valence-electron chi connectivity index (χ2n) is 7.37. The summed E-state index contributed by atoms with van der Waals surface area (Å²) in [6.07, 6.45) is 2.00. The Morgan fingerprint density at radius 3 is 2.37 bits per heavy atom. The third-order valence-corrected chi connectivity index (χ3v) is 5.60. The van der Waals surface area contributed by atoms with Crippen LogP contribution in [0, 0.1) is 11.8 Å². The fourth-order valence-electron chi connectivity index (χ4n) is 3.98. The fraction of sp³-hybridized carbons (Fsp3) is 0.944. The van der Waals surface area contributed by atoms with E-state index in [1.165, 1.54) is 38.5 Å². The van der Waals surface area contributed by atoms with Gasteiger partial charge < -0.3 is 24.6 Å². The number of ether oxygens (including phenoxy) is 3. The Morgan fingerprint density at radius 2 is 1.78 bits per heavy atom. The number of carboxylic acid groups (broad SMARTS) is 1. The average molecular weight is 397 g/mol. The summed E-state index contributed by atoms with van der Waals surface area (Å²) in [7, 11) is 0. The van der Waals surface area contributed by atoms with Gasteiger partial charge in [-0.25, -0.2) is 4.79 Å². The Hall–Kier alpha value is -0.900. The number of aliphatic carboxylic acids is 1. The summed E-state index contributed by atoms with van der Waals surface area (Å²) in [5, 5.41) is 10.6. The van der Waals surface area contributed by atoms with Gasteiger partial charge in [0, 0.05) is 33.0 Å². The van der Waals surface area contributed by atoms with Crippen molar-refractivity contribution in [2.24, 2.45) is 11.8 Å². The van der Waals surface area contributed by atoms with E-state index in [9.17, 15) is 13.2 Å². The zero-order chi connectivity index (χ0) is 19.8. The lowest BCUT2D eigenvalue weighted by Gasteiger charge is -2.38. The molecule has 3 aliphatic heterocycles. The predicted octanol–water partition coefficient (Wildman–Crippen LogP) is 2.61. The van der Waals surface area contributed by atoms with E-state index in [1.54, 1.807) is 0 Å². The summed E-state index contributed by atoms with van der Waals surface area (Å²) in [5.74, 6) is -1.33. The number of carbonyl (C=O) groups is 1. The number of carboxylic acids is 1. The normalized spacial score (nSPS) is 25.8. The van der Waals surface area contributed by atoms with Gasteiger partial charge in [0.15, 0.2) is 0 Å². The first-order valence-corrected chi connectivity index (χ1v) is 9.64. The third-order valence-electron chi connectivity index (χ3n) is 5.60. The smallest absolute Gasteiger partial charge is 0.475 e. The molecule has 27 heavy (non-hydrogen) atoms. The molecule has 0 amide bonds. The molecule has 1 unspecified atom stereocenters. The van der Waals surface area contributed by atoms with Crippen molar-refractivity contribution in [1.29, 1.82) is 0 Å². The highest BCUT2D eigenvalue weighted by atomic mass is 19.4. The summed E-state index contributed by atoms with van der Waals surface area (Å²) >= 11 is 0. The third kappa shape index (κ3) is 7.21. The van der Waals surface area contributed by atoms with Crippen molar-refractivity contribution in [3.05, 3.63) is 0 Å². The Bertz CT molecular complexity index is 449. The Kier molecular flexibility index (Phi) is 8.78. The molecule has 1 atom stereocenters. The number of alkyl halides is 3. The summed E-state index contributed by atoms with van der Waals surface area (Å²) in [6.45, 7) is 6.83. The number of hydrogen-bond donors (Lipinski definition) is 2. The van der Waals surface area contributed by atoms with Crippen molar-refractivity contribution in [1.82, 2.24) is 5.32 Å². The molecule has 0 saturated carbocycles. The molecule has 158 valence electrons. The van der Waals surface area contributed by atoms with Crippen molar-refractivity contribution < 1.29 is 37.3 Å². The largest absolute Gasteiger partial charge is 0.490 e. The van der Waals surface area contributed by atoms with E-state index in [1.807, 2.05) is 0 Å². The van der Waals surface area contributed by atoms with Crippen LogP contribution in [0.5, 0.6) is 0 Å². The summed E-state index contributed by atoms with van der Waals surface area (Å²) in [4.78, 5) is 8.90. The Labute approximate surface area is 157 Å². The number of piperidine rings is 1. The molecule has 9 heteroatoms. The molecule has 3 rings (SSSR count). The second kappa shape index (κ2) is 10.6. The first-order chi connectivity index (χ1) is 12.8. The Morgan fingerprint density at radius 1 is 1.15 bits per heavy atom. The van der Waals surface area contributed by atoms with Gasteiger partial charge in [-0.1, -0.05) is 0 Å². The molecule has 0 radical (unpaired) electrons. The number of nitrogens with one attached hydrogen (secondary N) is 1. The molecule has 0 aromatic carbocycles. The highest BCUT2D eigenvalue weighted by molar-refractivity contribution is 5.73. The van der Waals surface area contributed by atoms with Gasteiger partial charge in [-0.2, -0.15) is 13.2 Å². The number of rotatable bonds is 5. The summed E-state index contributed by atoms with van der Waals surface area (Å²) in [5.41, 5.74) is 0.174. The standard InChI is InChI=1S/C16H29NO3.C2HF3O2/c1-9-18-10-2-14(1)13-19-11-3-15-4-12-20-16(15)5-7-17-8-6-16;3-2(4,5)1(6)7/h14-15,17H,1-13H2;(H,6,7). The molecule has 6 nitrogen and oxygen atoms in total. The van der Waals surface area contributed by atoms with Crippen LogP contribution in [0.4, 0.5) is 13.2 Å². The minimum atomic E-state index is -5.08. The second-order valence-corrected chi connectivity index (χ2v) is 7.37. The van der Waals surface area contributed by atoms with E-state index < -0.39 is 12.1 Å². The first kappa shape index (κ1) is 22.4. The van der Waals surface area contributed by atoms with Gasteiger partial charge in [0.2, 0.25) is 0 Å². The molecular weight excluding hydrogens is 367 g/mol. The van der Waals surface area contributed by atoms with Crippen molar-refractivity contribution in [3.8, 4) is 0 Å². The van der Waals surface area contributed by atoms with E-state index in [2.05, 4.69) is 5.32 Å². The lowest BCUT2D eigenvalue weighted by atomic mass is 9.78. The van der Waals surface area contributed by atoms with Crippen LogP contribution in [-0.2, 0) is 19.0 Å². The first-order valence-electron chi connectivity index (χ1n) is 9.64. The van der Waals surface area contributed by atoms with E-state index in [-0.39, 0.29) is 5.60 Å². The molecule has 3 saturated heterocycles. The molecule has 0 aromatic heterocycles. The fourth-order valence-corrected chi connectivity index (χ4v) is 3.98. The molecule has 0 bridgehead atoms. The van der Waals surface area contributed by atoms with Gasteiger partial charge >= 0.3 is 12.1 Å². The molecule has 0 aromatic rings. The molecule has 1 spiro atoms. The van der Waals surface area contributed by atoms with Crippen molar-refractivity contribution in [2.75, 3.05) is 46.1 Å². The van der Waals surface area contributed by atoms with Crippen LogP contribution in [0.25, 0.3) is 0 Å². The maximum absolute atomic E-state index is 10.6. The number of hydrogen-bond acceptors (Lipinski definition) is 5. The maximum Gasteiger partial charge on any atom is 0.490 e. The van der Waals surface area contributed by atoms with Crippen molar-refractivity contribution >= 4 is 5.97 Å². The summed E-state index contributed by atoms with van der Waals surface area (Å²) < 4.78 is 49.2. The summed E-state index contributed by atoms with van der Waals surface area (Å²) in [6, 6.07) is 0. The van der Waals surface area contributed by atoms with Gasteiger partial charge in [-0.05, 0) is 63.5 Å². The van der Waals surface area contributed by atoms with Crippen LogP contribution in [0.3, 0.4) is 0 Å². The zero-order valence-corrected chi connectivity index (χ0v) is 15.6.